The highest BCUT2D eigenvalue weighted by molar-refractivity contribution is 5.97. The summed E-state index contributed by atoms with van der Waals surface area (Å²) in [6, 6.07) is 14.7. The van der Waals surface area contributed by atoms with Crippen molar-refractivity contribution in [1.82, 2.24) is 15.5 Å². The molecule has 2 aromatic carbocycles. The van der Waals surface area contributed by atoms with E-state index >= 15 is 0 Å². The van der Waals surface area contributed by atoms with Gasteiger partial charge in [-0.05, 0) is 37.6 Å². The molecule has 1 atom stereocenters. The number of aryl methyl sites for hydroxylation is 2. The number of hydrogen-bond acceptors (Lipinski definition) is 3. The fourth-order valence-electron chi connectivity index (χ4n) is 2.87. The molecule has 0 aliphatic rings. The number of nitrogens with one attached hydrogen (secondary N) is 2. The summed E-state index contributed by atoms with van der Waals surface area (Å²) in [5, 5.41) is 4.80. The number of carbonyl (C=O) groups is 2. The highest BCUT2D eigenvalue weighted by Crippen LogP contribution is 2.23. The molecule has 1 unspecified atom stereocenters. The number of likely N-dealkylation sites (N-methyl/N-ethyl adjacent to an activating group) is 1. The summed E-state index contributed by atoms with van der Waals surface area (Å²) in [7, 11) is 3.37. The smallest absolute Gasteiger partial charge is 0.321 e. The molecule has 25 heavy (non-hydrogen) atoms. The van der Waals surface area contributed by atoms with Gasteiger partial charge in [-0.25, -0.2) is 4.79 Å². The van der Waals surface area contributed by atoms with Gasteiger partial charge in [0.1, 0.15) is 6.04 Å². The molecular formula is C20H25N3O2. The summed E-state index contributed by atoms with van der Waals surface area (Å²) in [5.41, 5.74) is 4.39. The van der Waals surface area contributed by atoms with Crippen LogP contribution in [0.25, 0.3) is 0 Å². The molecule has 3 amide bonds. The van der Waals surface area contributed by atoms with E-state index in [0.717, 1.165) is 11.1 Å². The summed E-state index contributed by atoms with van der Waals surface area (Å²) < 4.78 is 0. The van der Waals surface area contributed by atoms with Crippen molar-refractivity contribution in [2.45, 2.75) is 26.4 Å². The lowest BCUT2D eigenvalue weighted by atomic mass is 10.0. The van der Waals surface area contributed by atoms with Crippen LogP contribution >= 0.6 is 0 Å². The molecule has 0 bridgehead atoms. The zero-order chi connectivity index (χ0) is 18.4. The summed E-state index contributed by atoms with van der Waals surface area (Å²) in [5.74, 6) is -0.349. The Balaban J connectivity index is 2.27. The zero-order valence-corrected chi connectivity index (χ0v) is 15.2. The van der Waals surface area contributed by atoms with Gasteiger partial charge in [0.15, 0.2) is 0 Å². The normalized spacial score (nSPS) is 11.9. The molecule has 5 nitrogen and oxygen atoms in total. The maximum absolute atomic E-state index is 12.7. The van der Waals surface area contributed by atoms with Crippen LogP contribution < -0.4 is 10.6 Å². The predicted molar refractivity (Wildman–Crippen MR) is 99.2 cm³/mol. The van der Waals surface area contributed by atoms with E-state index in [1.54, 1.807) is 0 Å². The predicted octanol–water partition coefficient (Wildman–Crippen LogP) is 2.93. The molecule has 0 heterocycles. The molecule has 2 aromatic rings. The van der Waals surface area contributed by atoms with Crippen LogP contribution in [0, 0.1) is 13.8 Å². The molecule has 5 heteroatoms. The first-order chi connectivity index (χ1) is 11.9. The monoisotopic (exact) mass is 339 g/mol. The van der Waals surface area contributed by atoms with Crippen molar-refractivity contribution in [3.63, 3.8) is 0 Å². The highest BCUT2D eigenvalue weighted by atomic mass is 16.2. The molecule has 0 spiro atoms. The Morgan fingerprint density at radius 3 is 2.36 bits per heavy atom. The molecule has 132 valence electrons. The Hall–Kier alpha value is -2.66. The molecule has 0 saturated carbocycles. The standard InChI is InChI=1S/C20H25N3O2/c1-14-10-11-17(15(2)12-14)13-23(4)18(16-8-6-5-7-9-16)19(24)22-20(25)21-3/h5-12,18H,13H2,1-4H3,(H2,21,22,24,25). The van der Waals surface area contributed by atoms with E-state index in [4.69, 9.17) is 0 Å². The van der Waals surface area contributed by atoms with Gasteiger partial charge in [0, 0.05) is 13.6 Å². The minimum atomic E-state index is -0.556. The number of rotatable bonds is 5. The number of urea groups is 1. The van der Waals surface area contributed by atoms with E-state index < -0.39 is 12.1 Å². The lowest BCUT2D eigenvalue weighted by molar-refractivity contribution is -0.125. The Morgan fingerprint density at radius 2 is 1.76 bits per heavy atom. The first-order valence-electron chi connectivity index (χ1n) is 8.26. The fourth-order valence-corrected chi connectivity index (χ4v) is 2.87. The van der Waals surface area contributed by atoms with Gasteiger partial charge in [-0.15, -0.1) is 0 Å². The van der Waals surface area contributed by atoms with Gasteiger partial charge in [0.25, 0.3) is 0 Å². The van der Waals surface area contributed by atoms with E-state index in [0.29, 0.717) is 6.54 Å². The quantitative estimate of drug-likeness (QED) is 0.880. The van der Waals surface area contributed by atoms with E-state index in [2.05, 4.69) is 42.7 Å². The first kappa shape index (κ1) is 18.7. The molecule has 0 aliphatic carbocycles. The minimum absolute atomic E-state index is 0.349. The van der Waals surface area contributed by atoms with Gasteiger partial charge in [-0.1, -0.05) is 54.1 Å². The highest BCUT2D eigenvalue weighted by Gasteiger charge is 2.26. The van der Waals surface area contributed by atoms with Crippen molar-refractivity contribution in [3.05, 3.63) is 70.8 Å². The number of carbonyl (C=O) groups excluding carboxylic acids is 2. The molecule has 0 aromatic heterocycles. The molecule has 2 rings (SSSR count). The summed E-state index contributed by atoms with van der Waals surface area (Å²) in [4.78, 5) is 26.2. The van der Waals surface area contributed by atoms with Crippen LogP contribution in [0.1, 0.15) is 28.3 Å². The third-order valence-electron chi connectivity index (χ3n) is 4.19. The maximum Gasteiger partial charge on any atom is 0.321 e. The van der Waals surface area contributed by atoms with Gasteiger partial charge in [-0.3, -0.25) is 15.0 Å². The lowest BCUT2D eigenvalue weighted by Crippen LogP contribution is -2.44. The van der Waals surface area contributed by atoms with Crippen molar-refractivity contribution < 1.29 is 9.59 Å². The number of nitrogens with zero attached hydrogens (tertiary/aromatic N) is 1. The van der Waals surface area contributed by atoms with E-state index in [-0.39, 0.29) is 5.91 Å². The van der Waals surface area contributed by atoms with E-state index in [1.165, 1.54) is 18.2 Å². The number of benzene rings is 2. The van der Waals surface area contributed by atoms with Crippen molar-refractivity contribution >= 4 is 11.9 Å². The van der Waals surface area contributed by atoms with Gasteiger partial charge >= 0.3 is 6.03 Å². The van der Waals surface area contributed by atoms with Crippen LogP contribution in [0.15, 0.2) is 48.5 Å². The van der Waals surface area contributed by atoms with Crippen molar-refractivity contribution in [2.75, 3.05) is 14.1 Å². The molecule has 0 saturated heterocycles. The van der Waals surface area contributed by atoms with Crippen molar-refractivity contribution in [3.8, 4) is 0 Å². The number of amides is 3. The summed E-state index contributed by atoms with van der Waals surface area (Å²) in [6.45, 7) is 4.73. The second-order valence-electron chi connectivity index (χ2n) is 6.23. The second-order valence-corrected chi connectivity index (χ2v) is 6.23. The van der Waals surface area contributed by atoms with Gasteiger partial charge in [-0.2, -0.15) is 0 Å². The lowest BCUT2D eigenvalue weighted by Gasteiger charge is -2.28. The van der Waals surface area contributed by atoms with E-state index in [9.17, 15) is 9.59 Å². The Labute approximate surface area is 149 Å². The van der Waals surface area contributed by atoms with Crippen LogP contribution in [-0.2, 0) is 11.3 Å². The first-order valence-corrected chi connectivity index (χ1v) is 8.26. The summed E-state index contributed by atoms with van der Waals surface area (Å²) in [6.07, 6.45) is 0. The average molecular weight is 339 g/mol. The average Bonchev–Trinajstić information content (AvgIpc) is 2.58. The minimum Gasteiger partial charge on any atom is -0.341 e. The molecule has 0 fully saturated rings. The van der Waals surface area contributed by atoms with Gasteiger partial charge < -0.3 is 5.32 Å². The van der Waals surface area contributed by atoms with Gasteiger partial charge in [0.05, 0.1) is 0 Å². The fraction of sp³-hybridized carbons (Fsp3) is 0.300. The Bertz CT molecular complexity index is 744. The van der Waals surface area contributed by atoms with Crippen molar-refractivity contribution in [1.29, 1.82) is 0 Å². The van der Waals surface area contributed by atoms with Crippen molar-refractivity contribution in [2.24, 2.45) is 0 Å². The molecule has 0 radical (unpaired) electrons. The third-order valence-corrected chi connectivity index (χ3v) is 4.19. The SMILES string of the molecule is CNC(=O)NC(=O)C(c1ccccc1)N(C)Cc1ccc(C)cc1C. The molecule has 2 N–H and O–H groups in total. The van der Waals surface area contributed by atoms with Gasteiger partial charge in [0.2, 0.25) is 5.91 Å². The van der Waals surface area contributed by atoms with Crippen LogP contribution in [-0.4, -0.2) is 30.9 Å². The molecular weight excluding hydrogens is 314 g/mol. The number of hydrogen-bond donors (Lipinski definition) is 2. The Kier molecular flexibility index (Phi) is 6.31. The molecule has 0 aliphatic heterocycles. The van der Waals surface area contributed by atoms with Crippen LogP contribution in [0.4, 0.5) is 4.79 Å². The number of imide groups is 1. The maximum atomic E-state index is 12.7. The van der Waals surface area contributed by atoms with Crippen LogP contribution in [0.5, 0.6) is 0 Å². The van der Waals surface area contributed by atoms with E-state index in [1.807, 2.05) is 42.3 Å². The zero-order valence-electron chi connectivity index (χ0n) is 15.2. The summed E-state index contributed by atoms with van der Waals surface area (Å²) >= 11 is 0. The second kappa shape index (κ2) is 8.44. The Morgan fingerprint density at radius 1 is 1.08 bits per heavy atom. The largest absolute Gasteiger partial charge is 0.341 e. The topological polar surface area (TPSA) is 61.4 Å². The third kappa shape index (κ3) is 4.90. The van der Waals surface area contributed by atoms with Crippen LogP contribution in [0.3, 0.4) is 0 Å². The van der Waals surface area contributed by atoms with Crippen LogP contribution in [0.2, 0.25) is 0 Å².